The zero-order valence-electron chi connectivity index (χ0n) is 11.5. The minimum Gasteiger partial charge on any atom is -0.497 e. The van der Waals surface area contributed by atoms with E-state index in [0.29, 0.717) is 6.54 Å². The van der Waals surface area contributed by atoms with Gasteiger partial charge in [0.2, 0.25) is 0 Å². The molecule has 0 aliphatic rings. The van der Waals surface area contributed by atoms with Crippen molar-refractivity contribution in [2.45, 2.75) is 32.4 Å². The van der Waals surface area contributed by atoms with Crippen molar-refractivity contribution >= 4 is 11.0 Å². The fourth-order valence-corrected chi connectivity index (χ4v) is 1.97. The molecule has 19 heavy (non-hydrogen) atoms. The maximum Gasteiger partial charge on any atom is 0.134 e. The second-order valence-corrected chi connectivity index (χ2v) is 4.64. The molecular weight excluding hydrogens is 242 g/mol. The molecule has 2 N–H and O–H groups in total. The highest BCUT2D eigenvalue weighted by Crippen LogP contribution is 2.24. The number of nitrogens with one attached hydrogen (secondary N) is 1. The van der Waals surface area contributed by atoms with E-state index < -0.39 is 0 Å². The highest BCUT2D eigenvalue weighted by molar-refractivity contribution is 5.79. The quantitative estimate of drug-likeness (QED) is 0.754. The third-order valence-corrected chi connectivity index (χ3v) is 3.20. The molecule has 4 heteroatoms. The van der Waals surface area contributed by atoms with Crippen LogP contribution in [0, 0.1) is 0 Å². The van der Waals surface area contributed by atoms with Crippen LogP contribution in [0.3, 0.4) is 0 Å². The maximum absolute atomic E-state index is 9.45. The van der Waals surface area contributed by atoms with E-state index in [-0.39, 0.29) is 6.10 Å². The lowest BCUT2D eigenvalue weighted by Gasteiger charge is -2.07. The van der Waals surface area contributed by atoms with E-state index in [9.17, 15) is 5.11 Å². The van der Waals surface area contributed by atoms with Crippen molar-refractivity contribution in [2.24, 2.45) is 0 Å². The molecule has 0 fully saturated rings. The van der Waals surface area contributed by atoms with Crippen molar-refractivity contribution < 1.29 is 14.3 Å². The van der Waals surface area contributed by atoms with E-state index >= 15 is 0 Å². The smallest absolute Gasteiger partial charge is 0.134 e. The third-order valence-electron chi connectivity index (χ3n) is 3.20. The van der Waals surface area contributed by atoms with Crippen molar-refractivity contribution in [1.29, 1.82) is 0 Å². The van der Waals surface area contributed by atoms with Gasteiger partial charge >= 0.3 is 0 Å². The molecule has 0 amide bonds. The second-order valence-electron chi connectivity index (χ2n) is 4.64. The lowest BCUT2D eigenvalue weighted by molar-refractivity contribution is 0.159. The van der Waals surface area contributed by atoms with Crippen LogP contribution in [0.25, 0.3) is 11.0 Å². The number of hydrogen-bond donors (Lipinski definition) is 2. The Kier molecular flexibility index (Phi) is 4.82. The Hall–Kier alpha value is -1.52. The van der Waals surface area contributed by atoms with Crippen molar-refractivity contribution in [3.8, 4) is 5.75 Å². The molecular formula is C15H21NO3. The first-order valence-corrected chi connectivity index (χ1v) is 6.68. The first-order valence-electron chi connectivity index (χ1n) is 6.68. The topological polar surface area (TPSA) is 54.6 Å². The molecule has 0 saturated heterocycles. The molecule has 1 heterocycles. The summed E-state index contributed by atoms with van der Waals surface area (Å²) in [6, 6.07) is 7.78. The highest BCUT2D eigenvalue weighted by Gasteiger charge is 2.05. The van der Waals surface area contributed by atoms with Gasteiger partial charge in [-0.25, -0.2) is 0 Å². The zero-order chi connectivity index (χ0) is 13.7. The fraction of sp³-hybridized carbons (Fsp3) is 0.467. The number of ether oxygens (including phenoxy) is 1. The molecule has 0 spiro atoms. The minimum atomic E-state index is -0.215. The van der Waals surface area contributed by atoms with Crippen molar-refractivity contribution in [3.05, 3.63) is 30.0 Å². The Balaban J connectivity index is 1.90. The van der Waals surface area contributed by atoms with Gasteiger partial charge < -0.3 is 19.6 Å². The van der Waals surface area contributed by atoms with Gasteiger partial charge in [-0.1, -0.05) is 6.92 Å². The zero-order valence-corrected chi connectivity index (χ0v) is 11.5. The molecule has 1 atom stereocenters. The van der Waals surface area contributed by atoms with E-state index in [2.05, 4.69) is 5.32 Å². The van der Waals surface area contributed by atoms with Crippen molar-refractivity contribution in [3.63, 3.8) is 0 Å². The number of aliphatic hydroxyl groups is 1. The molecule has 0 radical (unpaired) electrons. The summed E-state index contributed by atoms with van der Waals surface area (Å²) < 4.78 is 10.9. The van der Waals surface area contributed by atoms with Crippen LogP contribution in [0.4, 0.5) is 0 Å². The Morgan fingerprint density at radius 1 is 1.37 bits per heavy atom. The van der Waals surface area contributed by atoms with Gasteiger partial charge in [0, 0.05) is 5.39 Å². The molecule has 2 aromatic rings. The molecule has 4 nitrogen and oxygen atoms in total. The van der Waals surface area contributed by atoms with Gasteiger partial charge in [0.15, 0.2) is 0 Å². The summed E-state index contributed by atoms with van der Waals surface area (Å²) in [5.74, 6) is 1.73. The summed E-state index contributed by atoms with van der Waals surface area (Å²) in [6.45, 7) is 3.44. The Morgan fingerprint density at radius 2 is 2.21 bits per heavy atom. The first kappa shape index (κ1) is 13.9. The summed E-state index contributed by atoms with van der Waals surface area (Å²) in [5, 5.41) is 13.8. The van der Waals surface area contributed by atoms with Crippen LogP contribution in [0.15, 0.2) is 28.7 Å². The van der Waals surface area contributed by atoms with Crippen LogP contribution in [-0.4, -0.2) is 24.9 Å². The molecule has 0 aliphatic carbocycles. The predicted molar refractivity (Wildman–Crippen MR) is 75.4 cm³/mol. The predicted octanol–water partition coefficient (Wildman–Crippen LogP) is 2.69. The maximum atomic E-state index is 9.45. The number of rotatable bonds is 7. The lowest BCUT2D eigenvalue weighted by Crippen LogP contribution is -2.19. The summed E-state index contributed by atoms with van der Waals surface area (Å²) >= 11 is 0. The number of methoxy groups -OCH3 is 1. The molecule has 0 saturated carbocycles. The Labute approximate surface area is 113 Å². The van der Waals surface area contributed by atoms with Gasteiger partial charge in [-0.15, -0.1) is 0 Å². The Bertz CT molecular complexity index is 521. The van der Waals surface area contributed by atoms with E-state index in [1.807, 2.05) is 31.2 Å². The second kappa shape index (κ2) is 6.59. The van der Waals surface area contributed by atoms with Crippen LogP contribution in [0.1, 0.15) is 25.5 Å². The number of furan rings is 1. The van der Waals surface area contributed by atoms with Gasteiger partial charge in [0.25, 0.3) is 0 Å². The molecule has 104 valence electrons. The normalized spacial score (nSPS) is 12.8. The number of hydrogen-bond acceptors (Lipinski definition) is 4. The average molecular weight is 263 g/mol. The van der Waals surface area contributed by atoms with Crippen LogP contribution in [0.2, 0.25) is 0 Å². The van der Waals surface area contributed by atoms with Gasteiger partial charge in [0.05, 0.1) is 19.8 Å². The first-order chi connectivity index (χ1) is 9.22. The SMILES string of the molecule is CCC(O)CCNCc1cc2cc(OC)ccc2o1. The van der Waals surface area contributed by atoms with Crippen LogP contribution in [0.5, 0.6) is 5.75 Å². The van der Waals surface area contributed by atoms with Crippen molar-refractivity contribution in [2.75, 3.05) is 13.7 Å². The molecule has 2 rings (SSSR count). The molecule has 1 aromatic carbocycles. The molecule has 0 aliphatic heterocycles. The van der Waals surface area contributed by atoms with Gasteiger partial charge in [-0.05, 0) is 43.7 Å². The van der Waals surface area contributed by atoms with Crippen LogP contribution < -0.4 is 10.1 Å². The summed E-state index contributed by atoms with van der Waals surface area (Å²) in [6.07, 6.45) is 1.35. The largest absolute Gasteiger partial charge is 0.497 e. The third kappa shape index (κ3) is 3.72. The monoisotopic (exact) mass is 263 g/mol. The van der Waals surface area contributed by atoms with Gasteiger partial charge in [0.1, 0.15) is 17.1 Å². The number of benzene rings is 1. The minimum absolute atomic E-state index is 0.215. The Morgan fingerprint density at radius 3 is 2.95 bits per heavy atom. The van der Waals surface area contributed by atoms with Crippen LogP contribution in [-0.2, 0) is 6.54 Å². The summed E-state index contributed by atoms with van der Waals surface area (Å²) in [4.78, 5) is 0. The van der Waals surface area contributed by atoms with Crippen LogP contribution >= 0.6 is 0 Å². The van der Waals surface area contributed by atoms with E-state index in [1.165, 1.54) is 0 Å². The molecule has 1 unspecified atom stereocenters. The number of aliphatic hydroxyl groups excluding tert-OH is 1. The summed E-state index contributed by atoms with van der Waals surface area (Å²) in [7, 11) is 1.66. The highest BCUT2D eigenvalue weighted by atomic mass is 16.5. The van der Waals surface area contributed by atoms with Gasteiger partial charge in [-0.3, -0.25) is 0 Å². The van der Waals surface area contributed by atoms with Gasteiger partial charge in [-0.2, -0.15) is 0 Å². The fourth-order valence-electron chi connectivity index (χ4n) is 1.97. The number of fused-ring (bicyclic) bond motifs is 1. The van der Waals surface area contributed by atoms with Crippen molar-refractivity contribution in [1.82, 2.24) is 5.32 Å². The molecule has 1 aromatic heterocycles. The lowest BCUT2D eigenvalue weighted by atomic mass is 10.2. The molecule has 0 bridgehead atoms. The van der Waals surface area contributed by atoms with E-state index in [4.69, 9.17) is 9.15 Å². The van der Waals surface area contributed by atoms with E-state index in [1.54, 1.807) is 7.11 Å². The average Bonchev–Trinajstić information content (AvgIpc) is 2.84. The summed E-state index contributed by atoms with van der Waals surface area (Å²) in [5.41, 5.74) is 0.867. The van der Waals surface area contributed by atoms with E-state index in [0.717, 1.165) is 41.9 Å². The standard InChI is InChI=1S/C15H21NO3/c1-3-12(17)6-7-16-10-14-9-11-8-13(18-2)4-5-15(11)19-14/h4-5,8-9,12,16-17H,3,6-7,10H2,1-2H3.